The summed E-state index contributed by atoms with van der Waals surface area (Å²) < 4.78 is 5.14. The average molecular weight is 314 g/mol. The zero-order chi connectivity index (χ0) is 16.4. The molecule has 1 heterocycles. The quantitative estimate of drug-likeness (QED) is 0.685. The first kappa shape index (κ1) is 15.3. The normalized spacial score (nSPS) is 21.0. The van der Waals surface area contributed by atoms with E-state index in [2.05, 4.69) is 5.32 Å². The van der Waals surface area contributed by atoms with Gasteiger partial charge in [0, 0.05) is 6.04 Å². The molecule has 1 saturated carbocycles. The van der Waals surface area contributed by atoms with Crippen molar-refractivity contribution in [3.8, 4) is 5.75 Å². The average Bonchev–Trinajstić information content (AvgIpc) is 3.05. The number of amides is 4. The molecule has 0 aromatic heterocycles. The van der Waals surface area contributed by atoms with Crippen molar-refractivity contribution in [1.82, 2.24) is 10.2 Å². The van der Waals surface area contributed by atoms with Gasteiger partial charge in [-0.1, -0.05) is 25.0 Å². The molecule has 2 aliphatic rings. The third-order valence-corrected chi connectivity index (χ3v) is 4.23. The molecule has 1 N–H and O–H groups in total. The van der Waals surface area contributed by atoms with Gasteiger partial charge < -0.3 is 4.74 Å². The lowest BCUT2D eigenvalue weighted by atomic mass is 10.1. The summed E-state index contributed by atoms with van der Waals surface area (Å²) in [6.45, 7) is 0. The second kappa shape index (κ2) is 6.24. The number of carbonyl (C=O) groups is 3. The van der Waals surface area contributed by atoms with Crippen LogP contribution in [0.4, 0.5) is 4.79 Å². The van der Waals surface area contributed by atoms with E-state index in [0.717, 1.165) is 25.7 Å². The Morgan fingerprint density at radius 2 is 1.96 bits per heavy atom. The van der Waals surface area contributed by atoms with Crippen LogP contribution in [0, 0.1) is 0 Å². The Morgan fingerprint density at radius 3 is 2.65 bits per heavy atom. The van der Waals surface area contributed by atoms with Crippen LogP contribution >= 0.6 is 0 Å². The highest BCUT2D eigenvalue weighted by Crippen LogP contribution is 2.27. The van der Waals surface area contributed by atoms with Crippen molar-refractivity contribution < 1.29 is 19.1 Å². The first-order chi connectivity index (χ1) is 11.1. The molecule has 0 atom stereocenters. The highest BCUT2D eigenvalue weighted by molar-refractivity contribution is 6.31. The van der Waals surface area contributed by atoms with Crippen molar-refractivity contribution in [3.05, 3.63) is 35.4 Å². The predicted molar refractivity (Wildman–Crippen MR) is 83.6 cm³/mol. The van der Waals surface area contributed by atoms with E-state index in [1.807, 2.05) is 0 Å². The Labute approximate surface area is 134 Å². The molecule has 0 unspecified atom stereocenters. The van der Waals surface area contributed by atoms with E-state index in [0.29, 0.717) is 11.3 Å². The fourth-order valence-electron chi connectivity index (χ4n) is 3.06. The minimum atomic E-state index is -0.655. The monoisotopic (exact) mass is 314 g/mol. The van der Waals surface area contributed by atoms with E-state index in [1.54, 1.807) is 31.4 Å². The number of imide groups is 2. The number of rotatable bonds is 3. The lowest BCUT2D eigenvalue weighted by Crippen LogP contribution is -2.57. The molecule has 1 aromatic rings. The van der Waals surface area contributed by atoms with E-state index in [-0.39, 0.29) is 11.6 Å². The zero-order valence-electron chi connectivity index (χ0n) is 12.9. The van der Waals surface area contributed by atoms with E-state index < -0.39 is 17.8 Å². The maximum atomic E-state index is 12.6. The molecule has 0 bridgehead atoms. The number of ether oxygens (including phenoxy) is 1. The topological polar surface area (TPSA) is 75.7 Å². The van der Waals surface area contributed by atoms with Crippen LogP contribution < -0.4 is 10.1 Å². The Bertz CT molecular complexity index is 690. The fraction of sp³-hybridized carbons (Fsp3) is 0.353. The van der Waals surface area contributed by atoms with Crippen molar-refractivity contribution >= 4 is 23.9 Å². The summed E-state index contributed by atoms with van der Waals surface area (Å²) >= 11 is 0. The standard InChI is InChI=1S/C17H18N2O4/c1-23-13-8-4-5-11(9-13)10-14-15(20)18-17(22)19(16(14)21)12-6-2-3-7-12/h4-5,8-10,12H,2-3,6-7H2,1H3,(H,18,20,22)/b14-10+. The van der Waals surface area contributed by atoms with Crippen molar-refractivity contribution in [3.63, 3.8) is 0 Å². The summed E-state index contributed by atoms with van der Waals surface area (Å²) in [5, 5.41) is 2.26. The van der Waals surface area contributed by atoms with Crippen molar-refractivity contribution in [2.75, 3.05) is 7.11 Å². The van der Waals surface area contributed by atoms with E-state index in [9.17, 15) is 14.4 Å². The molecule has 120 valence electrons. The lowest BCUT2D eigenvalue weighted by Gasteiger charge is -2.31. The number of nitrogens with zero attached hydrogens (tertiary/aromatic N) is 1. The summed E-state index contributed by atoms with van der Waals surface area (Å²) in [4.78, 5) is 37.9. The van der Waals surface area contributed by atoms with Crippen LogP contribution in [0.5, 0.6) is 5.75 Å². The Balaban J connectivity index is 1.93. The van der Waals surface area contributed by atoms with E-state index >= 15 is 0 Å². The van der Waals surface area contributed by atoms with Gasteiger partial charge in [0.2, 0.25) is 0 Å². The van der Waals surface area contributed by atoms with Gasteiger partial charge >= 0.3 is 6.03 Å². The molecule has 1 aliphatic heterocycles. The van der Waals surface area contributed by atoms with Gasteiger partial charge in [0.15, 0.2) is 0 Å². The largest absolute Gasteiger partial charge is 0.497 e. The fourth-order valence-corrected chi connectivity index (χ4v) is 3.06. The lowest BCUT2D eigenvalue weighted by molar-refractivity contribution is -0.131. The van der Waals surface area contributed by atoms with Crippen molar-refractivity contribution in [2.24, 2.45) is 0 Å². The molecular formula is C17H18N2O4. The van der Waals surface area contributed by atoms with Crippen LogP contribution in [0.25, 0.3) is 6.08 Å². The smallest absolute Gasteiger partial charge is 0.331 e. The molecule has 6 heteroatoms. The third kappa shape index (κ3) is 2.97. The summed E-state index contributed by atoms with van der Waals surface area (Å²) in [5.74, 6) is -0.544. The number of urea groups is 1. The third-order valence-electron chi connectivity index (χ3n) is 4.23. The van der Waals surface area contributed by atoms with Gasteiger partial charge in [0.25, 0.3) is 11.8 Å². The van der Waals surface area contributed by atoms with Crippen LogP contribution in [0.2, 0.25) is 0 Å². The summed E-state index contributed by atoms with van der Waals surface area (Å²) in [5.41, 5.74) is 0.647. The number of carbonyl (C=O) groups excluding carboxylic acids is 3. The maximum Gasteiger partial charge on any atom is 0.331 e. The zero-order valence-corrected chi connectivity index (χ0v) is 12.9. The van der Waals surface area contributed by atoms with Crippen molar-refractivity contribution in [1.29, 1.82) is 0 Å². The van der Waals surface area contributed by atoms with Crippen LogP contribution in [0.3, 0.4) is 0 Å². The number of nitrogens with one attached hydrogen (secondary N) is 1. The van der Waals surface area contributed by atoms with Crippen LogP contribution in [0.1, 0.15) is 31.2 Å². The first-order valence-electron chi connectivity index (χ1n) is 7.65. The predicted octanol–water partition coefficient (Wildman–Crippen LogP) is 2.10. The van der Waals surface area contributed by atoms with E-state index in [4.69, 9.17) is 4.74 Å². The number of hydrogen-bond acceptors (Lipinski definition) is 4. The van der Waals surface area contributed by atoms with Gasteiger partial charge in [0.05, 0.1) is 7.11 Å². The van der Waals surface area contributed by atoms with Gasteiger partial charge in [-0.15, -0.1) is 0 Å². The molecule has 23 heavy (non-hydrogen) atoms. The second-order valence-electron chi connectivity index (χ2n) is 5.71. The second-order valence-corrected chi connectivity index (χ2v) is 5.71. The molecule has 0 radical (unpaired) electrons. The maximum absolute atomic E-state index is 12.6. The molecule has 1 saturated heterocycles. The van der Waals surface area contributed by atoms with Gasteiger partial charge in [-0.3, -0.25) is 19.8 Å². The first-order valence-corrected chi connectivity index (χ1v) is 7.65. The minimum absolute atomic E-state index is 0.0234. The van der Waals surface area contributed by atoms with Gasteiger partial charge in [-0.05, 0) is 36.6 Å². The Kier molecular flexibility index (Phi) is 4.14. The molecule has 4 amide bonds. The van der Waals surface area contributed by atoms with Crippen LogP contribution in [-0.4, -0.2) is 35.9 Å². The Hall–Kier alpha value is -2.63. The number of barbiturate groups is 1. The number of benzene rings is 1. The van der Waals surface area contributed by atoms with Gasteiger partial charge in [0.1, 0.15) is 11.3 Å². The minimum Gasteiger partial charge on any atom is -0.497 e. The molecular weight excluding hydrogens is 296 g/mol. The Morgan fingerprint density at radius 1 is 1.22 bits per heavy atom. The van der Waals surface area contributed by atoms with Crippen LogP contribution in [-0.2, 0) is 9.59 Å². The molecule has 6 nitrogen and oxygen atoms in total. The summed E-state index contributed by atoms with van der Waals surface area (Å²) in [7, 11) is 1.55. The summed E-state index contributed by atoms with van der Waals surface area (Å²) in [6.07, 6.45) is 5.06. The number of hydrogen-bond donors (Lipinski definition) is 1. The van der Waals surface area contributed by atoms with Gasteiger partial charge in [-0.25, -0.2) is 4.79 Å². The highest BCUT2D eigenvalue weighted by atomic mass is 16.5. The van der Waals surface area contributed by atoms with Crippen molar-refractivity contribution in [2.45, 2.75) is 31.7 Å². The highest BCUT2D eigenvalue weighted by Gasteiger charge is 2.40. The molecule has 0 spiro atoms. The molecule has 3 rings (SSSR count). The SMILES string of the molecule is COc1cccc(/C=C2\C(=O)NC(=O)N(C3CCCC3)C2=O)c1. The number of methoxy groups -OCH3 is 1. The van der Waals surface area contributed by atoms with E-state index in [1.165, 1.54) is 11.0 Å². The van der Waals surface area contributed by atoms with Gasteiger partial charge in [-0.2, -0.15) is 0 Å². The molecule has 1 aliphatic carbocycles. The van der Waals surface area contributed by atoms with Crippen LogP contribution in [0.15, 0.2) is 29.8 Å². The molecule has 1 aromatic carbocycles. The summed E-state index contributed by atoms with van der Waals surface area (Å²) in [6, 6.07) is 6.31. The molecule has 2 fully saturated rings.